The highest BCUT2D eigenvalue weighted by Crippen LogP contribution is 2.37. The van der Waals surface area contributed by atoms with Crippen molar-refractivity contribution < 1.29 is 27.4 Å². The topological polar surface area (TPSA) is 35.5 Å². The standard InChI is InChI=1S/C15H9BrClF3O3/c1-22-14(21)10-7-9(3-4-11(10)16)23-13-5-2-8(6-12(13)17)15(18,19)20/h2-7H,1H3. The van der Waals surface area contributed by atoms with E-state index in [2.05, 4.69) is 20.7 Å². The van der Waals surface area contributed by atoms with Gasteiger partial charge in [0.15, 0.2) is 0 Å². The molecule has 0 unspecified atom stereocenters. The van der Waals surface area contributed by atoms with Crippen molar-refractivity contribution in [3.63, 3.8) is 0 Å². The third-order valence-electron chi connectivity index (χ3n) is 2.83. The Bertz CT molecular complexity index is 747. The summed E-state index contributed by atoms with van der Waals surface area (Å²) in [5, 5.41) is -0.192. The van der Waals surface area contributed by atoms with Crippen molar-refractivity contribution in [1.82, 2.24) is 0 Å². The molecule has 0 radical (unpaired) electrons. The fourth-order valence-electron chi connectivity index (χ4n) is 1.72. The minimum atomic E-state index is -4.49. The molecule has 0 N–H and O–H groups in total. The monoisotopic (exact) mass is 408 g/mol. The number of methoxy groups -OCH3 is 1. The summed E-state index contributed by atoms with van der Waals surface area (Å²) in [4.78, 5) is 11.6. The minimum Gasteiger partial charge on any atom is -0.465 e. The molecule has 0 aliphatic carbocycles. The van der Waals surface area contributed by atoms with Crippen molar-refractivity contribution in [3.8, 4) is 11.5 Å². The van der Waals surface area contributed by atoms with Gasteiger partial charge in [-0.2, -0.15) is 13.2 Å². The largest absolute Gasteiger partial charge is 0.465 e. The summed E-state index contributed by atoms with van der Waals surface area (Å²) >= 11 is 9.02. The highest BCUT2D eigenvalue weighted by molar-refractivity contribution is 9.10. The molecule has 0 bridgehead atoms. The smallest absolute Gasteiger partial charge is 0.416 e. The van der Waals surface area contributed by atoms with Gasteiger partial charge in [0.1, 0.15) is 11.5 Å². The normalized spacial score (nSPS) is 11.2. The fraction of sp³-hybridized carbons (Fsp3) is 0.133. The van der Waals surface area contributed by atoms with Crippen LogP contribution in [0.3, 0.4) is 0 Å². The van der Waals surface area contributed by atoms with E-state index in [1.54, 1.807) is 6.07 Å². The number of hydrogen-bond donors (Lipinski definition) is 0. The molecule has 2 aromatic carbocycles. The van der Waals surface area contributed by atoms with Crippen molar-refractivity contribution in [2.45, 2.75) is 6.18 Å². The van der Waals surface area contributed by atoms with Gasteiger partial charge in [0.2, 0.25) is 0 Å². The molecule has 0 atom stereocenters. The third-order valence-corrected chi connectivity index (χ3v) is 3.82. The molecular formula is C15H9BrClF3O3. The number of hydrogen-bond acceptors (Lipinski definition) is 3. The van der Waals surface area contributed by atoms with E-state index in [1.165, 1.54) is 19.2 Å². The van der Waals surface area contributed by atoms with Gasteiger partial charge in [-0.1, -0.05) is 11.6 Å². The second-order valence-corrected chi connectivity index (χ2v) is 5.64. The van der Waals surface area contributed by atoms with Crippen LogP contribution in [0.25, 0.3) is 0 Å². The van der Waals surface area contributed by atoms with Gasteiger partial charge in [-0.05, 0) is 52.3 Å². The lowest BCUT2D eigenvalue weighted by atomic mass is 10.2. The molecule has 0 amide bonds. The first-order valence-electron chi connectivity index (χ1n) is 6.15. The molecule has 0 aromatic heterocycles. The second kappa shape index (κ2) is 6.80. The zero-order chi connectivity index (χ0) is 17.2. The van der Waals surface area contributed by atoms with Crippen LogP contribution in [0.15, 0.2) is 40.9 Å². The molecule has 0 saturated carbocycles. The Hall–Kier alpha value is -1.73. The van der Waals surface area contributed by atoms with Gasteiger partial charge in [-0.3, -0.25) is 0 Å². The van der Waals surface area contributed by atoms with E-state index in [0.29, 0.717) is 4.47 Å². The van der Waals surface area contributed by atoms with Crippen LogP contribution in [-0.2, 0) is 10.9 Å². The van der Waals surface area contributed by atoms with Crippen molar-refractivity contribution in [3.05, 3.63) is 57.0 Å². The van der Waals surface area contributed by atoms with Crippen LogP contribution < -0.4 is 4.74 Å². The SMILES string of the molecule is COC(=O)c1cc(Oc2ccc(C(F)(F)F)cc2Cl)ccc1Br. The van der Waals surface area contributed by atoms with Crippen LogP contribution in [0.2, 0.25) is 5.02 Å². The van der Waals surface area contributed by atoms with Crippen LogP contribution in [0.1, 0.15) is 15.9 Å². The van der Waals surface area contributed by atoms with E-state index in [1.807, 2.05) is 0 Å². The van der Waals surface area contributed by atoms with Crippen molar-refractivity contribution in [1.29, 1.82) is 0 Å². The summed E-state index contributed by atoms with van der Waals surface area (Å²) in [5.41, 5.74) is -0.658. The zero-order valence-electron chi connectivity index (χ0n) is 11.6. The number of ether oxygens (including phenoxy) is 2. The highest BCUT2D eigenvalue weighted by atomic mass is 79.9. The molecule has 0 saturated heterocycles. The lowest BCUT2D eigenvalue weighted by molar-refractivity contribution is -0.137. The van der Waals surface area contributed by atoms with Crippen LogP contribution in [0.4, 0.5) is 13.2 Å². The van der Waals surface area contributed by atoms with E-state index < -0.39 is 17.7 Å². The van der Waals surface area contributed by atoms with E-state index in [-0.39, 0.29) is 22.1 Å². The summed E-state index contributed by atoms with van der Waals surface area (Å²) in [6.45, 7) is 0. The van der Waals surface area contributed by atoms with Crippen molar-refractivity contribution in [2.24, 2.45) is 0 Å². The van der Waals surface area contributed by atoms with Crippen molar-refractivity contribution in [2.75, 3.05) is 7.11 Å². The lowest BCUT2D eigenvalue weighted by Crippen LogP contribution is -2.04. The molecule has 8 heteroatoms. The fourth-order valence-corrected chi connectivity index (χ4v) is 2.35. The predicted octanol–water partition coefficient (Wildman–Crippen LogP) is 5.70. The lowest BCUT2D eigenvalue weighted by Gasteiger charge is -2.12. The molecule has 23 heavy (non-hydrogen) atoms. The molecule has 2 aromatic rings. The van der Waals surface area contributed by atoms with Crippen molar-refractivity contribution >= 4 is 33.5 Å². The average molecular weight is 410 g/mol. The number of benzene rings is 2. The molecule has 0 spiro atoms. The van der Waals surface area contributed by atoms with Crippen LogP contribution in [0.5, 0.6) is 11.5 Å². The molecule has 0 aliphatic heterocycles. The minimum absolute atomic E-state index is 0.0396. The van der Waals surface area contributed by atoms with Gasteiger partial charge < -0.3 is 9.47 Å². The molecule has 3 nitrogen and oxygen atoms in total. The second-order valence-electron chi connectivity index (χ2n) is 4.38. The van der Waals surface area contributed by atoms with Gasteiger partial charge in [0.05, 0.1) is 23.3 Å². The Labute approximate surface area is 143 Å². The van der Waals surface area contributed by atoms with Gasteiger partial charge in [-0.25, -0.2) is 4.79 Å². The Balaban J connectivity index is 2.31. The van der Waals surface area contributed by atoms with Gasteiger partial charge in [0.25, 0.3) is 0 Å². The highest BCUT2D eigenvalue weighted by Gasteiger charge is 2.31. The van der Waals surface area contributed by atoms with Gasteiger partial charge in [-0.15, -0.1) is 0 Å². The Kier molecular flexibility index (Phi) is 5.21. The quantitative estimate of drug-likeness (QED) is 0.610. The third kappa shape index (κ3) is 4.17. The summed E-state index contributed by atoms with van der Waals surface area (Å²) in [7, 11) is 1.23. The summed E-state index contributed by atoms with van der Waals surface area (Å²) in [5.74, 6) is -0.311. The van der Waals surface area contributed by atoms with Gasteiger partial charge >= 0.3 is 12.1 Å². The molecule has 0 heterocycles. The van der Waals surface area contributed by atoms with E-state index in [4.69, 9.17) is 16.3 Å². The first kappa shape index (κ1) is 17.6. The molecule has 0 fully saturated rings. The van der Waals surface area contributed by atoms with E-state index in [0.717, 1.165) is 18.2 Å². The Morgan fingerprint density at radius 2 is 1.87 bits per heavy atom. The Morgan fingerprint density at radius 3 is 2.43 bits per heavy atom. The number of rotatable bonds is 3. The number of esters is 1. The molecule has 122 valence electrons. The van der Waals surface area contributed by atoms with Crippen LogP contribution >= 0.6 is 27.5 Å². The first-order valence-corrected chi connectivity index (χ1v) is 7.32. The summed E-state index contributed by atoms with van der Waals surface area (Å²) in [6, 6.07) is 7.23. The average Bonchev–Trinajstić information content (AvgIpc) is 2.49. The maximum absolute atomic E-state index is 12.6. The van der Waals surface area contributed by atoms with Crippen LogP contribution in [0, 0.1) is 0 Å². The zero-order valence-corrected chi connectivity index (χ0v) is 13.9. The molecule has 2 rings (SSSR count). The van der Waals surface area contributed by atoms with Crippen LogP contribution in [-0.4, -0.2) is 13.1 Å². The molecule has 0 aliphatic rings. The summed E-state index contributed by atoms with van der Waals surface area (Å²) in [6.07, 6.45) is -4.49. The first-order chi connectivity index (χ1) is 10.7. The van der Waals surface area contributed by atoms with E-state index >= 15 is 0 Å². The maximum Gasteiger partial charge on any atom is 0.416 e. The maximum atomic E-state index is 12.6. The van der Waals surface area contributed by atoms with Gasteiger partial charge in [0, 0.05) is 4.47 Å². The Morgan fingerprint density at radius 1 is 1.17 bits per heavy atom. The molecular weight excluding hydrogens is 401 g/mol. The number of halogens is 5. The summed E-state index contributed by atoms with van der Waals surface area (Å²) < 4.78 is 48.3. The predicted molar refractivity (Wildman–Crippen MR) is 82.0 cm³/mol. The number of alkyl halides is 3. The number of carbonyl (C=O) groups excluding carboxylic acids is 1. The number of carbonyl (C=O) groups is 1. The van der Waals surface area contributed by atoms with E-state index in [9.17, 15) is 18.0 Å².